The van der Waals surface area contributed by atoms with Crippen LogP contribution < -0.4 is 5.32 Å². The van der Waals surface area contributed by atoms with Crippen LogP contribution in [0.5, 0.6) is 0 Å². The molecule has 0 heterocycles. The van der Waals surface area contributed by atoms with Crippen LogP contribution in [0.3, 0.4) is 0 Å². The first-order chi connectivity index (χ1) is 24.0. The van der Waals surface area contributed by atoms with Crippen LogP contribution in [0.4, 0.5) is 0 Å². The van der Waals surface area contributed by atoms with Gasteiger partial charge < -0.3 is 19.8 Å². The summed E-state index contributed by atoms with van der Waals surface area (Å²) in [7, 11) is 1.61. The van der Waals surface area contributed by atoms with Gasteiger partial charge in [-0.2, -0.15) is 0 Å². The second kappa shape index (κ2) is 34.0. The van der Waals surface area contributed by atoms with Gasteiger partial charge in [0.05, 0.1) is 39.9 Å². The van der Waals surface area contributed by atoms with E-state index < -0.39 is 20.0 Å². The lowest BCUT2D eigenvalue weighted by Gasteiger charge is -2.26. The molecule has 298 valence electrons. The van der Waals surface area contributed by atoms with Crippen molar-refractivity contribution in [1.29, 1.82) is 0 Å². The number of allylic oxidation sites excluding steroid dienone is 2. The molecule has 50 heavy (non-hydrogen) atoms. The molecule has 0 saturated carbocycles. The van der Waals surface area contributed by atoms with Crippen LogP contribution in [-0.2, 0) is 18.4 Å². The summed E-state index contributed by atoms with van der Waals surface area (Å²) in [5.74, 6) is -0.155. The summed E-state index contributed by atoms with van der Waals surface area (Å²) in [6, 6.07) is -0.759. The van der Waals surface area contributed by atoms with E-state index in [1.165, 1.54) is 116 Å². The van der Waals surface area contributed by atoms with Gasteiger partial charge in [0.1, 0.15) is 13.2 Å². The SMILES string of the molecule is CCCC/C=C\CCCCCCCC(=O)NC(COP(=O)(O)OCC[N+](C)(C)C)C(O)CCCCCCCCCCCCCCCCCCC. The number of phosphoric ester groups is 1. The number of quaternary nitrogens is 1. The maximum absolute atomic E-state index is 12.8. The quantitative estimate of drug-likeness (QED) is 0.0253. The lowest BCUT2D eigenvalue weighted by molar-refractivity contribution is -0.870. The van der Waals surface area contributed by atoms with Gasteiger partial charge in [-0.15, -0.1) is 0 Å². The number of hydrogen-bond acceptors (Lipinski definition) is 5. The fourth-order valence-corrected chi connectivity index (χ4v) is 6.82. The number of carbonyl (C=O) groups excluding carboxylic acids is 1. The Labute approximate surface area is 310 Å². The minimum absolute atomic E-state index is 0.0747. The van der Waals surface area contributed by atoms with Crippen molar-refractivity contribution in [3.63, 3.8) is 0 Å². The highest BCUT2D eigenvalue weighted by Gasteiger charge is 2.28. The fraction of sp³-hybridized carbons (Fsp3) is 0.927. The number of nitrogens with one attached hydrogen (secondary N) is 1. The molecular weight excluding hydrogens is 647 g/mol. The van der Waals surface area contributed by atoms with Crippen LogP contribution in [0.1, 0.15) is 194 Å². The summed E-state index contributed by atoms with van der Waals surface area (Å²) in [5.41, 5.74) is 0. The zero-order valence-electron chi connectivity index (χ0n) is 33.7. The topological polar surface area (TPSA) is 105 Å². The average molecular weight is 732 g/mol. The second-order valence-corrected chi connectivity index (χ2v) is 17.2. The molecule has 0 aliphatic rings. The van der Waals surface area contributed by atoms with Crippen molar-refractivity contribution >= 4 is 13.7 Å². The highest BCUT2D eigenvalue weighted by atomic mass is 31.2. The number of rotatable bonds is 38. The Kier molecular flexibility index (Phi) is 33.5. The van der Waals surface area contributed by atoms with Crippen molar-refractivity contribution in [2.75, 3.05) is 40.9 Å². The molecule has 0 rings (SSSR count). The molecule has 3 atom stereocenters. The standard InChI is InChI=1S/C41H83N2O6P/c1-6-8-10-12-14-16-18-19-20-21-22-23-25-26-28-30-32-34-40(44)39(38-49-50(46,47)48-37-36-43(3,4)5)42-41(45)35-33-31-29-27-24-17-15-13-11-9-7-2/h13,15,39-40,44H,6-12,14,16-38H2,1-5H3,(H-,42,45,46,47)/p+1/b15-13-. The number of aliphatic hydroxyl groups is 1. The molecule has 3 N–H and O–H groups in total. The first-order valence-corrected chi connectivity index (χ1v) is 22.5. The lowest BCUT2D eigenvalue weighted by Crippen LogP contribution is -2.46. The van der Waals surface area contributed by atoms with Gasteiger partial charge in [0, 0.05) is 6.42 Å². The van der Waals surface area contributed by atoms with Crippen molar-refractivity contribution < 1.29 is 32.9 Å². The Balaban J connectivity index is 4.37. The molecule has 0 aromatic carbocycles. The zero-order chi connectivity index (χ0) is 37.2. The van der Waals surface area contributed by atoms with Gasteiger partial charge in [0.2, 0.25) is 5.91 Å². The number of phosphoric acid groups is 1. The summed E-state index contributed by atoms with van der Waals surface area (Å²) in [5, 5.41) is 13.9. The normalized spacial score (nSPS) is 14.6. The average Bonchev–Trinajstić information content (AvgIpc) is 3.06. The van der Waals surface area contributed by atoms with E-state index in [0.717, 1.165) is 51.4 Å². The summed E-state index contributed by atoms with van der Waals surface area (Å²) in [6.07, 6.45) is 36.6. The van der Waals surface area contributed by atoms with Crippen LogP contribution in [0.15, 0.2) is 12.2 Å². The van der Waals surface area contributed by atoms with E-state index in [4.69, 9.17) is 9.05 Å². The Morgan fingerprint density at radius 2 is 1.10 bits per heavy atom. The third-order valence-corrected chi connectivity index (χ3v) is 10.5. The largest absolute Gasteiger partial charge is 0.472 e. The van der Waals surface area contributed by atoms with Gasteiger partial charge in [-0.05, 0) is 32.1 Å². The summed E-state index contributed by atoms with van der Waals surface area (Å²) >= 11 is 0. The first-order valence-electron chi connectivity index (χ1n) is 21.1. The van der Waals surface area contributed by atoms with Crippen LogP contribution in [0, 0.1) is 0 Å². The van der Waals surface area contributed by atoms with Crippen molar-refractivity contribution in [2.45, 2.75) is 206 Å². The first kappa shape index (κ1) is 49.2. The Bertz CT molecular complexity index is 834. The van der Waals surface area contributed by atoms with E-state index in [-0.39, 0.29) is 19.1 Å². The van der Waals surface area contributed by atoms with Gasteiger partial charge in [0.15, 0.2) is 0 Å². The molecule has 8 nitrogen and oxygen atoms in total. The van der Waals surface area contributed by atoms with Crippen molar-refractivity contribution in [3.8, 4) is 0 Å². The van der Waals surface area contributed by atoms with E-state index in [1.54, 1.807) is 0 Å². The molecule has 0 radical (unpaired) electrons. The third kappa shape index (κ3) is 35.6. The maximum Gasteiger partial charge on any atom is 0.472 e. The van der Waals surface area contributed by atoms with E-state index in [9.17, 15) is 19.4 Å². The van der Waals surface area contributed by atoms with Crippen LogP contribution in [0.2, 0.25) is 0 Å². The minimum Gasteiger partial charge on any atom is -0.391 e. The predicted octanol–water partition coefficient (Wildman–Crippen LogP) is 11.2. The molecule has 0 fully saturated rings. The summed E-state index contributed by atoms with van der Waals surface area (Å²) < 4.78 is 23.6. The van der Waals surface area contributed by atoms with Gasteiger partial charge in [-0.1, -0.05) is 167 Å². The van der Waals surface area contributed by atoms with Gasteiger partial charge in [0.25, 0.3) is 0 Å². The Hall–Kier alpha value is -0.760. The molecule has 0 aromatic heterocycles. The number of nitrogens with zero attached hydrogens (tertiary/aromatic N) is 1. The fourth-order valence-electron chi connectivity index (χ4n) is 6.08. The molecular formula is C41H84N2O6P+. The monoisotopic (exact) mass is 732 g/mol. The maximum atomic E-state index is 12.8. The Morgan fingerprint density at radius 1 is 0.660 bits per heavy atom. The second-order valence-electron chi connectivity index (χ2n) is 15.7. The van der Waals surface area contributed by atoms with E-state index in [2.05, 4.69) is 31.3 Å². The lowest BCUT2D eigenvalue weighted by atomic mass is 10.0. The van der Waals surface area contributed by atoms with Gasteiger partial charge in [-0.3, -0.25) is 13.8 Å². The summed E-state index contributed by atoms with van der Waals surface area (Å²) in [4.78, 5) is 23.0. The zero-order valence-corrected chi connectivity index (χ0v) is 34.5. The van der Waals surface area contributed by atoms with Gasteiger partial charge in [-0.25, -0.2) is 4.57 Å². The molecule has 1 amide bonds. The van der Waals surface area contributed by atoms with Crippen LogP contribution in [-0.4, -0.2) is 73.4 Å². The molecule has 0 aliphatic carbocycles. The highest BCUT2D eigenvalue weighted by molar-refractivity contribution is 7.47. The van der Waals surface area contributed by atoms with Crippen molar-refractivity contribution in [2.24, 2.45) is 0 Å². The molecule has 0 aromatic rings. The van der Waals surface area contributed by atoms with Crippen LogP contribution >= 0.6 is 7.82 Å². The number of amides is 1. The molecule has 0 bridgehead atoms. The molecule has 0 saturated heterocycles. The third-order valence-electron chi connectivity index (χ3n) is 9.51. The van der Waals surface area contributed by atoms with Crippen molar-refractivity contribution in [1.82, 2.24) is 5.32 Å². The van der Waals surface area contributed by atoms with Crippen molar-refractivity contribution in [3.05, 3.63) is 12.2 Å². The number of likely N-dealkylation sites (N-methyl/N-ethyl adjacent to an activating group) is 1. The highest BCUT2D eigenvalue weighted by Crippen LogP contribution is 2.43. The molecule has 3 unspecified atom stereocenters. The predicted molar refractivity (Wildman–Crippen MR) is 212 cm³/mol. The smallest absolute Gasteiger partial charge is 0.391 e. The van der Waals surface area contributed by atoms with E-state index >= 15 is 0 Å². The molecule has 0 spiro atoms. The minimum atomic E-state index is -4.31. The van der Waals surface area contributed by atoms with E-state index in [0.29, 0.717) is 23.9 Å². The Morgan fingerprint density at radius 3 is 1.60 bits per heavy atom. The number of unbranched alkanes of at least 4 members (excludes halogenated alkanes) is 23. The number of aliphatic hydroxyl groups excluding tert-OH is 1. The number of carbonyl (C=O) groups is 1. The summed E-state index contributed by atoms with van der Waals surface area (Å²) in [6.45, 7) is 4.84. The molecule has 0 aliphatic heterocycles. The molecule has 9 heteroatoms. The van der Waals surface area contributed by atoms with Gasteiger partial charge >= 0.3 is 7.82 Å². The van der Waals surface area contributed by atoms with Crippen LogP contribution in [0.25, 0.3) is 0 Å². The van der Waals surface area contributed by atoms with E-state index in [1.807, 2.05) is 21.1 Å². The number of hydrogen-bond donors (Lipinski definition) is 3.